The molecule has 0 spiro atoms. The quantitative estimate of drug-likeness (QED) is 0.619. The van der Waals surface area contributed by atoms with E-state index in [0.29, 0.717) is 12.8 Å². The van der Waals surface area contributed by atoms with Gasteiger partial charge in [0.1, 0.15) is 6.17 Å². The van der Waals surface area contributed by atoms with Gasteiger partial charge in [-0.05, 0) is 25.0 Å². The van der Waals surface area contributed by atoms with E-state index in [-0.39, 0.29) is 0 Å². The lowest BCUT2D eigenvalue weighted by Crippen LogP contribution is -2.19. The minimum atomic E-state index is -0.652. The first-order valence-corrected chi connectivity index (χ1v) is 5.48. The zero-order valence-corrected chi connectivity index (χ0v) is 8.83. The molecule has 0 saturated carbocycles. The molecule has 0 fully saturated rings. The highest BCUT2D eigenvalue weighted by atomic mass is 19.1. The van der Waals surface area contributed by atoms with Crippen molar-refractivity contribution >= 4 is 10.9 Å². The standard InChI is InChI=1S/C13H14FN/c1-9-11-4-2-3-5-12(11)15-7-6-10(14)8-13(9)15/h2-5,10H,6-8H2,1H3. The van der Waals surface area contributed by atoms with Gasteiger partial charge in [-0.2, -0.15) is 0 Å². The third-order valence-electron chi connectivity index (χ3n) is 3.44. The number of nitrogens with zero attached hydrogens (tertiary/aromatic N) is 1. The Labute approximate surface area is 88.5 Å². The molecule has 2 heteroatoms. The molecular weight excluding hydrogens is 189 g/mol. The molecule has 0 radical (unpaired) electrons. The molecule has 0 amide bonds. The van der Waals surface area contributed by atoms with Gasteiger partial charge in [-0.25, -0.2) is 4.39 Å². The summed E-state index contributed by atoms with van der Waals surface area (Å²) in [6.45, 7) is 2.93. The second kappa shape index (κ2) is 3.09. The molecule has 15 heavy (non-hydrogen) atoms. The van der Waals surface area contributed by atoms with E-state index in [2.05, 4.69) is 29.7 Å². The van der Waals surface area contributed by atoms with Crippen LogP contribution < -0.4 is 0 Å². The number of hydrogen-bond donors (Lipinski definition) is 0. The highest BCUT2D eigenvalue weighted by molar-refractivity contribution is 5.85. The molecule has 78 valence electrons. The monoisotopic (exact) mass is 203 g/mol. The van der Waals surface area contributed by atoms with Crippen molar-refractivity contribution in [2.75, 3.05) is 0 Å². The zero-order chi connectivity index (χ0) is 10.4. The van der Waals surface area contributed by atoms with E-state index >= 15 is 0 Å². The lowest BCUT2D eigenvalue weighted by atomic mass is 10.1. The minimum absolute atomic E-state index is 0.584. The van der Waals surface area contributed by atoms with Gasteiger partial charge < -0.3 is 4.57 Å². The van der Waals surface area contributed by atoms with E-state index < -0.39 is 6.17 Å². The maximum Gasteiger partial charge on any atom is 0.107 e. The Morgan fingerprint density at radius 2 is 2.13 bits per heavy atom. The van der Waals surface area contributed by atoms with E-state index in [9.17, 15) is 4.39 Å². The van der Waals surface area contributed by atoms with Gasteiger partial charge in [0.15, 0.2) is 0 Å². The third-order valence-corrected chi connectivity index (χ3v) is 3.44. The van der Waals surface area contributed by atoms with Crippen molar-refractivity contribution in [3.8, 4) is 0 Å². The molecule has 1 aromatic heterocycles. The van der Waals surface area contributed by atoms with Crippen LogP contribution in [0.4, 0.5) is 4.39 Å². The van der Waals surface area contributed by atoms with Gasteiger partial charge in [-0.3, -0.25) is 0 Å². The number of fused-ring (bicyclic) bond motifs is 3. The number of benzene rings is 1. The highest BCUT2D eigenvalue weighted by Crippen LogP contribution is 2.30. The Balaban J connectivity index is 2.32. The van der Waals surface area contributed by atoms with Gasteiger partial charge in [0, 0.05) is 29.6 Å². The van der Waals surface area contributed by atoms with Crippen LogP contribution in [0.3, 0.4) is 0 Å². The van der Waals surface area contributed by atoms with Crippen LogP contribution in [-0.2, 0) is 13.0 Å². The Morgan fingerprint density at radius 3 is 3.00 bits per heavy atom. The van der Waals surface area contributed by atoms with Crippen molar-refractivity contribution in [1.29, 1.82) is 0 Å². The molecule has 0 aliphatic carbocycles. The summed E-state index contributed by atoms with van der Waals surface area (Å²) in [5.74, 6) is 0. The molecular formula is C13H14FN. The second-order valence-electron chi connectivity index (χ2n) is 4.33. The van der Waals surface area contributed by atoms with Crippen LogP contribution in [-0.4, -0.2) is 10.7 Å². The van der Waals surface area contributed by atoms with Crippen molar-refractivity contribution in [3.63, 3.8) is 0 Å². The first-order valence-electron chi connectivity index (χ1n) is 5.48. The van der Waals surface area contributed by atoms with E-state index in [1.807, 2.05) is 6.07 Å². The van der Waals surface area contributed by atoms with Crippen molar-refractivity contribution in [2.45, 2.75) is 32.5 Å². The first kappa shape index (κ1) is 8.96. The maximum atomic E-state index is 13.4. The van der Waals surface area contributed by atoms with Crippen LogP contribution in [0.25, 0.3) is 10.9 Å². The second-order valence-corrected chi connectivity index (χ2v) is 4.33. The molecule has 0 N–H and O–H groups in total. The summed E-state index contributed by atoms with van der Waals surface area (Å²) in [5.41, 5.74) is 3.71. The smallest absolute Gasteiger partial charge is 0.107 e. The molecule has 2 aromatic rings. The van der Waals surface area contributed by atoms with E-state index in [0.717, 1.165) is 6.54 Å². The summed E-state index contributed by atoms with van der Waals surface area (Å²) < 4.78 is 15.6. The zero-order valence-electron chi connectivity index (χ0n) is 8.83. The van der Waals surface area contributed by atoms with Gasteiger partial charge in [0.2, 0.25) is 0 Å². The first-order chi connectivity index (χ1) is 7.27. The average Bonchev–Trinajstić information content (AvgIpc) is 2.54. The Hall–Kier alpha value is -1.31. The number of alkyl halides is 1. The fourth-order valence-electron chi connectivity index (χ4n) is 2.63. The van der Waals surface area contributed by atoms with E-state index in [4.69, 9.17) is 0 Å². The molecule has 0 bridgehead atoms. The van der Waals surface area contributed by atoms with Crippen LogP contribution in [0.5, 0.6) is 0 Å². The summed E-state index contributed by atoms with van der Waals surface area (Å²) in [5, 5.41) is 1.28. The molecule has 1 aliphatic heterocycles. The molecule has 1 unspecified atom stereocenters. The van der Waals surface area contributed by atoms with Crippen molar-refractivity contribution in [3.05, 3.63) is 35.5 Å². The highest BCUT2D eigenvalue weighted by Gasteiger charge is 2.22. The summed E-state index contributed by atoms with van der Waals surface area (Å²) in [4.78, 5) is 0. The van der Waals surface area contributed by atoms with Gasteiger partial charge in [-0.1, -0.05) is 18.2 Å². The predicted molar refractivity (Wildman–Crippen MR) is 59.9 cm³/mol. The van der Waals surface area contributed by atoms with E-state index in [1.54, 1.807) is 0 Å². The maximum absolute atomic E-state index is 13.4. The summed E-state index contributed by atoms with van der Waals surface area (Å²) in [6.07, 6.45) is 0.589. The number of aryl methyl sites for hydroxylation is 2. The van der Waals surface area contributed by atoms with Crippen molar-refractivity contribution in [1.82, 2.24) is 4.57 Å². The Kier molecular flexibility index (Phi) is 1.84. The number of para-hydroxylation sites is 1. The van der Waals surface area contributed by atoms with Gasteiger partial charge in [0.05, 0.1) is 0 Å². The van der Waals surface area contributed by atoms with Crippen LogP contribution >= 0.6 is 0 Å². The predicted octanol–water partition coefficient (Wildman–Crippen LogP) is 3.23. The number of hydrogen-bond acceptors (Lipinski definition) is 0. The lowest BCUT2D eigenvalue weighted by Gasteiger charge is -2.20. The third kappa shape index (κ3) is 1.21. The molecule has 3 rings (SSSR count). The van der Waals surface area contributed by atoms with Crippen LogP contribution in [0.15, 0.2) is 24.3 Å². The largest absolute Gasteiger partial charge is 0.344 e. The molecule has 0 saturated heterocycles. The van der Waals surface area contributed by atoms with Crippen molar-refractivity contribution < 1.29 is 4.39 Å². The normalized spacial score (nSPS) is 20.5. The average molecular weight is 203 g/mol. The summed E-state index contributed by atoms with van der Waals surface area (Å²) in [6, 6.07) is 8.36. The molecule has 1 aliphatic rings. The molecule has 1 atom stereocenters. The van der Waals surface area contributed by atoms with Crippen LogP contribution in [0, 0.1) is 6.92 Å². The topological polar surface area (TPSA) is 4.93 Å². The molecule has 2 heterocycles. The lowest BCUT2D eigenvalue weighted by molar-refractivity contribution is 0.273. The fraction of sp³-hybridized carbons (Fsp3) is 0.385. The fourth-order valence-corrected chi connectivity index (χ4v) is 2.63. The number of aromatic nitrogens is 1. The van der Waals surface area contributed by atoms with E-state index in [1.165, 1.54) is 22.2 Å². The van der Waals surface area contributed by atoms with Gasteiger partial charge >= 0.3 is 0 Å². The number of rotatable bonds is 0. The van der Waals surface area contributed by atoms with Crippen molar-refractivity contribution in [2.24, 2.45) is 0 Å². The summed E-state index contributed by atoms with van der Waals surface area (Å²) >= 11 is 0. The molecule has 1 aromatic carbocycles. The van der Waals surface area contributed by atoms with Gasteiger partial charge in [-0.15, -0.1) is 0 Å². The van der Waals surface area contributed by atoms with Crippen LogP contribution in [0.2, 0.25) is 0 Å². The minimum Gasteiger partial charge on any atom is -0.344 e. The Bertz CT molecular complexity index is 512. The number of halogens is 1. The SMILES string of the molecule is Cc1c2n(c3ccccc13)CCC(F)C2. The van der Waals surface area contributed by atoms with Gasteiger partial charge in [0.25, 0.3) is 0 Å². The summed E-state index contributed by atoms with van der Waals surface area (Å²) in [7, 11) is 0. The molecule has 1 nitrogen and oxygen atoms in total. The van der Waals surface area contributed by atoms with Crippen LogP contribution in [0.1, 0.15) is 17.7 Å². The Morgan fingerprint density at radius 1 is 1.33 bits per heavy atom.